The second kappa shape index (κ2) is 9.54. The molecule has 0 amide bonds. The van der Waals surface area contributed by atoms with E-state index >= 15 is 0 Å². The Kier molecular flexibility index (Phi) is 6.80. The molecule has 0 fully saturated rings. The van der Waals surface area contributed by atoms with Crippen LogP contribution in [0.4, 0.5) is 0 Å². The number of thioether (sulfide) groups is 1. The lowest BCUT2D eigenvalue weighted by atomic mass is 9.73. The summed E-state index contributed by atoms with van der Waals surface area (Å²) < 4.78 is 5.59. The molecule has 4 nitrogen and oxygen atoms in total. The van der Waals surface area contributed by atoms with E-state index in [4.69, 9.17) is 4.74 Å². The third-order valence-electron chi connectivity index (χ3n) is 5.53. The van der Waals surface area contributed by atoms with Gasteiger partial charge >= 0.3 is 5.97 Å². The Balaban J connectivity index is 1.66. The first kappa shape index (κ1) is 21.4. The van der Waals surface area contributed by atoms with Crippen LogP contribution in [0.25, 0.3) is 0 Å². The molecule has 1 N–H and O–H groups in total. The Morgan fingerprint density at radius 3 is 2.87 bits per heavy atom. The van der Waals surface area contributed by atoms with Gasteiger partial charge in [0.15, 0.2) is 5.78 Å². The average molecular weight is 460 g/mol. The lowest BCUT2D eigenvalue weighted by Gasteiger charge is -2.36. The van der Waals surface area contributed by atoms with E-state index in [1.54, 1.807) is 34.4 Å². The van der Waals surface area contributed by atoms with E-state index < -0.39 is 0 Å². The number of hydrogen-bond acceptors (Lipinski definition) is 7. The normalized spacial score (nSPS) is 21.5. The van der Waals surface area contributed by atoms with Crippen molar-refractivity contribution >= 4 is 46.2 Å². The molecule has 7 heteroatoms. The summed E-state index contributed by atoms with van der Waals surface area (Å²) in [5.41, 5.74) is 4.04. The number of thiophene rings is 2. The molecular weight excluding hydrogens is 434 g/mol. The zero-order chi connectivity index (χ0) is 21.1. The van der Waals surface area contributed by atoms with Crippen molar-refractivity contribution in [1.29, 1.82) is 0 Å². The molecule has 0 unspecified atom stereocenters. The number of ketones is 1. The predicted molar refractivity (Wildman–Crippen MR) is 125 cm³/mol. The van der Waals surface area contributed by atoms with Crippen LogP contribution in [-0.4, -0.2) is 29.9 Å². The molecule has 0 aromatic carbocycles. The highest BCUT2D eigenvalue weighted by Gasteiger charge is 2.41. The highest BCUT2D eigenvalue weighted by molar-refractivity contribution is 7.99. The topological polar surface area (TPSA) is 55.4 Å². The van der Waals surface area contributed by atoms with Gasteiger partial charge in [0.05, 0.1) is 5.57 Å². The molecule has 0 bridgehead atoms. The molecule has 2 aliphatic rings. The molecule has 0 spiro atoms. The van der Waals surface area contributed by atoms with Crippen LogP contribution in [0.1, 0.15) is 49.0 Å². The van der Waals surface area contributed by atoms with E-state index in [0.717, 1.165) is 40.5 Å². The lowest BCUT2D eigenvalue weighted by molar-refractivity contribution is -0.138. The van der Waals surface area contributed by atoms with Gasteiger partial charge < -0.3 is 10.1 Å². The lowest BCUT2D eigenvalue weighted by Crippen LogP contribution is -2.36. The van der Waals surface area contributed by atoms with Crippen molar-refractivity contribution in [3.8, 4) is 0 Å². The average Bonchev–Trinajstić information content (AvgIpc) is 3.44. The number of allylic oxidation sites excluding steroid dienone is 3. The van der Waals surface area contributed by atoms with Gasteiger partial charge in [-0.3, -0.25) is 4.79 Å². The standard InChI is InChI=1S/C23H25NO3S3/c1-3-28-10-7-27-23(26)20-14(2)24-17-11-16(19-5-4-8-30-19)12-18(25)22(17)21(20)15-6-9-29-13-15/h4-6,8-9,13,16,21,24H,3,7,10-12H2,1-2H3/t16-,21+/m0/s1. The van der Waals surface area contributed by atoms with Gasteiger partial charge in [-0.05, 0) is 52.9 Å². The Bertz CT molecular complexity index is 974. The van der Waals surface area contributed by atoms with E-state index in [9.17, 15) is 9.59 Å². The van der Waals surface area contributed by atoms with Gasteiger partial charge in [0.1, 0.15) is 6.61 Å². The first-order valence-corrected chi connectivity index (χ1v) is 13.1. The van der Waals surface area contributed by atoms with Crippen LogP contribution in [0.5, 0.6) is 0 Å². The number of ether oxygens (including phenoxy) is 1. The maximum atomic E-state index is 13.3. The Hall–Kier alpha value is -1.83. The summed E-state index contributed by atoms with van der Waals surface area (Å²) >= 11 is 5.02. The second-order valence-electron chi connectivity index (χ2n) is 7.42. The van der Waals surface area contributed by atoms with Gasteiger partial charge in [-0.25, -0.2) is 4.79 Å². The van der Waals surface area contributed by atoms with Crippen LogP contribution in [0.3, 0.4) is 0 Å². The number of carbonyl (C=O) groups is 2. The van der Waals surface area contributed by atoms with Crippen molar-refractivity contribution in [1.82, 2.24) is 5.32 Å². The summed E-state index contributed by atoms with van der Waals surface area (Å²) in [6.07, 6.45) is 1.27. The van der Waals surface area contributed by atoms with Crippen molar-refractivity contribution in [3.05, 3.63) is 67.3 Å². The van der Waals surface area contributed by atoms with Crippen molar-refractivity contribution in [2.45, 2.75) is 38.5 Å². The maximum absolute atomic E-state index is 13.3. The summed E-state index contributed by atoms with van der Waals surface area (Å²) in [6, 6.07) is 6.15. The van der Waals surface area contributed by atoms with Gasteiger partial charge in [-0.2, -0.15) is 23.1 Å². The van der Waals surface area contributed by atoms with Gasteiger partial charge in [0, 0.05) is 45.9 Å². The van der Waals surface area contributed by atoms with Gasteiger partial charge in [-0.1, -0.05) is 13.0 Å². The highest BCUT2D eigenvalue weighted by atomic mass is 32.2. The van der Waals surface area contributed by atoms with E-state index in [-0.39, 0.29) is 23.6 Å². The number of dihydropyridines is 1. The third-order valence-corrected chi connectivity index (χ3v) is 8.13. The van der Waals surface area contributed by atoms with Gasteiger partial charge in [0.25, 0.3) is 0 Å². The number of rotatable bonds is 7. The smallest absolute Gasteiger partial charge is 0.336 e. The molecule has 4 rings (SSSR count). The maximum Gasteiger partial charge on any atom is 0.336 e. The Morgan fingerprint density at radius 1 is 1.30 bits per heavy atom. The number of carbonyl (C=O) groups excluding carboxylic acids is 2. The summed E-state index contributed by atoms with van der Waals surface area (Å²) in [4.78, 5) is 27.6. The minimum absolute atomic E-state index is 0.123. The van der Waals surface area contributed by atoms with Crippen molar-refractivity contribution in [3.63, 3.8) is 0 Å². The fraction of sp³-hybridized carbons (Fsp3) is 0.391. The molecule has 2 aromatic heterocycles. The minimum atomic E-state index is -0.351. The first-order valence-electron chi connectivity index (χ1n) is 10.1. The summed E-state index contributed by atoms with van der Waals surface area (Å²) in [5.74, 6) is 1.41. The van der Waals surface area contributed by atoms with Crippen LogP contribution >= 0.6 is 34.4 Å². The third kappa shape index (κ3) is 4.29. The predicted octanol–water partition coefficient (Wildman–Crippen LogP) is 5.47. The number of nitrogens with one attached hydrogen (secondary N) is 1. The molecule has 3 heterocycles. The van der Waals surface area contributed by atoms with Gasteiger partial charge in [-0.15, -0.1) is 11.3 Å². The summed E-state index contributed by atoms with van der Waals surface area (Å²) in [5, 5.41) is 9.49. The molecule has 2 aromatic rings. The second-order valence-corrected chi connectivity index (χ2v) is 10.6. The molecule has 30 heavy (non-hydrogen) atoms. The molecular formula is C23H25NO3S3. The monoisotopic (exact) mass is 459 g/mol. The Morgan fingerprint density at radius 2 is 2.17 bits per heavy atom. The van der Waals surface area contributed by atoms with E-state index in [0.29, 0.717) is 18.6 Å². The zero-order valence-corrected chi connectivity index (χ0v) is 19.6. The fourth-order valence-electron chi connectivity index (χ4n) is 4.22. The summed E-state index contributed by atoms with van der Waals surface area (Å²) in [7, 11) is 0. The molecule has 0 saturated heterocycles. The quantitative estimate of drug-likeness (QED) is 0.440. The van der Waals surface area contributed by atoms with Crippen LogP contribution < -0.4 is 5.32 Å². The Labute approximate surface area is 189 Å². The number of esters is 1. The number of Topliss-reactive ketones (excluding diaryl/α,β-unsaturated/α-hetero) is 1. The van der Waals surface area contributed by atoms with Crippen LogP contribution in [0, 0.1) is 0 Å². The van der Waals surface area contributed by atoms with Crippen molar-refractivity contribution in [2.24, 2.45) is 0 Å². The van der Waals surface area contributed by atoms with E-state index in [1.165, 1.54) is 4.88 Å². The number of hydrogen-bond donors (Lipinski definition) is 1. The molecule has 0 radical (unpaired) electrons. The first-order chi connectivity index (χ1) is 14.6. The SMILES string of the molecule is CCSCCOC(=O)C1=C(C)NC2=C(C(=O)C[C@@H](c3cccs3)C2)[C@@H]1c1ccsc1. The van der Waals surface area contributed by atoms with Gasteiger partial charge in [0.2, 0.25) is 0 Å². The molecule has 1 aliphatic heterocycles. The molecule has 1 aliphatic carbocycles. The van der Waals surface area contributed by atoms with Crippen molar-refractivity contribution in [2.75, 3.05) is 18.1 Å². The minimum Gasteiger partial charge on any atom is -0.461 e. The largest absolute Gasteiger partial charge is 0.461 e. The van der Waals surface area contributed by atoms with Crippen molar-refractivity contribution < 1.29 is 14.3 Å². The fourth-order valence-corrected chi connectivity index (χ4v) is 6.23. The van der Waals surface area contributed by atoms with E-state index in [2.05, 4.69) is 23.7 Å². The molecule has 0 saturated carbocycles. The van der Waals surface area contributed by atoms with Crippen LogP contribution in [0.2, 0.25) is 0 Å². The van der Waals surface area contributed by atoms with Crippen LogP contribution in [0.15, 0.2) is 56.9 Å². The zero-order valence-electron chi connectivity index (χ0n) is 17.1. The highest BCUT2D eigenvalue weighted by Crippen LogP contribution is 2.46. The summed E-state index contributed by atoms with van der Waals surface area (Å²) in [6.45, 7) is 4.38. The van der Waals surface area contributed by atoms with Crippen LogP contribution in [-0.2, 0) is 14.3 Å². The van der Waals surface area contributed by atoms with E-state index in [1.807, 2.05) is 29.8 Å². The molecule has 2 atom stereocenters. The molecule has 158 valence electrons.